The van der Waals surface area contributed by atoms with E-state index in [4.69, 9.17) is 4.74 Å². The third-order valence-electron chi connectivity index (χ3n) is 4.22. The van der Waals surface area contributed by atoms with Crippen LogP contribution in [0.25, 0.3) is 0 Å². The highest BCUT2D eigenvalue weighted by Crippen LogP contribution is 2.27. The van der Waals surface area contributed by atoms with Crippen LogP contribution >= 0.6 is 0 Å². The van der Waals surface area contributed by atoms with Crippen LogP contribution in [0.1, 0.15) is 33.6 Å². The summed E-state index contributed by atoms with van der Waals surface area (Å²) in [5, 5.41) is 3.37. The van der Waals surface area contributed by atoms with Crippen molar-refractivity contribution >= 4 is 5.91 Å². The van der Waals surface area contributed by atoms with Crippen LogP contribution in [0.3, 0.4) is 0 Å². The molecular weight excluding hydrogens is 228 g/mol. The maximum Gasteiger partial charge on any atom is 0.229 e. The molecule has 2 rings (SSSR count). The maximum atomic E-state index is 12.7. The Morgan fingerprint density at radius 3 is 2.89 bits per heavy atom. The summed E-state index contributed by atoms with van der Waals surface area (Å²) >= 11 is 0. The molecule has 0 aliphatic carbocycles. The molecule has 0 radical (unpaired) electrons. The minimum Gasteiger partial charge on any atom is -0.379 e. The highest BCUT2D eigenvalue weighted by atomic mass is 16.5. The van der Waals surface area contributed by atoms with E-state index in [-0.39, 0.29) is 12.0 Å². The third-order valence-corrected chi connectivity index (χ3v) is 4.22. The zero-order chi connectivity index (χ0) is 13.1. The lowest BCUT2D eigenvalue weighted by atomic mass is 9.98. The van der Waals surface area contributed by atoms with Crippen LogP contribution in [0.15, 0.2) is 0 Å². The van der Waals surface area contributed by atoms with Crippen LogP contribution in [0.5, 0.6) is 0 Å². The van der Waals surface area contributed by atoms with Crippen LogP contribution in [0.2, 0.25) is 0 Å². The molecule has 2 fully saturated rings. The molecule has 104 valence electrons. The van der Waals surface area contributed by atoms with Gasteiger partial charge in [-0.15, -0.1) is 0 Å². The van der Waals surface area contributed by atoms with Crippen molar-refractivity contribution in [1.82, 2.24) is 10.2 Å². The van der Waals surface area contributed by atoms with Crippen molar-refractivity contribution in [2.45, 2.75) is 45.7 Å². The van der Waals surface area contributed by atoms with E-state index in [0.717, 1.165) is 25.9 Å². The minimum absolute atomic E-state index is 0.0179. The quantitative estimate of drug-likeness (QED) is 0.821. The van der Waals surface area contributed by atoms with Crippen molar-refractivity contribution in [1.29, 1.82) is 0 Å². The smallest absolute Gasteiger partial charge is 0.229 e. The number of nitrogens with one attached hydrogen (secondary N) is 1. The summed E-state index contributed by atoms with van der Waals surface area (Å²) < 4.78 is 5.49. The Labute approximate surface area is 110 Å². The fraction of sp³-hybridized carbons (Fsp3) is 0.929. The monoisotopic (exact) mass is 254 g/mol. The summed E-state index contributed by atoms with van der Waals surface area (Å²) in [6.07, 6.45) is 2.30. The lowest BCUT2D eigenvalue weighted by Crippen LogP contribution is -2.48. The summed E-state index contributed by atoms with van der Waals surface area (Å²) in [6.45, 7) is 9.57. The molecule has 3 unspecified atom stereocenters. The van der Waals surface area contributed by atoms with E-state index >= 15 is 0 Å². The zero-order valence-corrected chi connectivity index (χ0v) is 11.8. The molecular formula is C14H26N2O2. The number of carbonyl (C=O) groups is 1. The average molecular weight is 254 g/mol. The lowest BCUT2D eigenvalue weighted by Gasteiger charge is -2.31. The molecule has 0 spiro atoms. The Morgan fingerprint density at radius 2 is 2.22 bits per heavy atom. The van der Waals surface area contributed by atoms with Gasteiger partial charge in [0.25, 0.3) is 0 Å². The fourth-order valence-electron chi connectivity index (χ4n) is 3.23. The van der Waals surface area contributed by atoms with E-state index in [0.29, 0.717) is 31.1 Å². The highest BCUT2D eigenvalue weighted by Gasteiger charge is 2.40. The molecule has 0 aromatic heterocycles. The largest absolute Gasteiger partial charge is 0.379 e. The molecule has 1 amide bonds. The third kappa shape index (κ3) is 2.69. The van der Waals surface area contributed by atoms with Crippen molar-refractivity contribution in [2.24, 2.45) is 11.8 Å². The Bertz CT molecular complexity index is 294. The summed E-state index contributed by atoms with van der Waals surface area (Å²) in [6, 6.07) is 0.635. The molecule has 18 heavy (non-hydrogen) atoms. The Hall–Kier alpha value is -0.610. The van der Waals surface area contributed by atoms with E-state index in [9.17, 15) is 4.79 Å². The van der Waals surface area contributed by atoms with Gasteiger partial charge in [-0.1, -0.05) is 20.8 Å². The molecule has 4 heteroatoms. The summed E-state index contributed by atoms with van der Waals surface area (Å²) in [5.74, 6) is 0.871. The van der Waals surface area contributed by atoms with Gasteiger partial charge in [0, 0.05) is 18.6 Å². The van der Waals surface area contributed by atoms with Gasteiger partial charge in [0.15, 0.2) is 0 Å². The van der Waals surface area contributed by atoms with Crippen LogP contribution < -0.4 is 5.32 Å². The van der Waals surface area contributed by atoms with Gasteiger partial charge in [0.05, 0.1) is 19.1 Å². The first-order chi connectivity index (χ1) is 8.65. The Balaban J connectivity index is 2.01. The predicted octanol–water partition coefficient (Wildman–Crippen LogP) is 1.26. The van der Waals surface area contributed by atoms with E-state index in [1.54, 1.807) is 0 Å². The van der Waals surface area contributed by atoms with Crippen LogP contribution in [0, 0.1) is 11.8 Å². The van der Waals surface area contributed by atoms with Crippen LogP contribution in [-0.4, -0.2) is 49.2 Å². The number of hydrogen-bond acceptors (Lipinski definition) is 3. The molecule has 2 aliphatic rings. The fourth-order valence-corrected chi connectivity index (χ4v) is 3.23. The number of ether oxygens (including phenoxy) is 1. The number of rotatable bonds is 4. The lowest BCUT2D eigenvalue weighted by molar-refractivity contribution is -0.137. The topological polar surface area (TPSA) is 41.6 Å². The summed E-state index contributed by atoms with van der Waals surface area (Å²) in [4.78, 5) is 14.8. The average Bonchev–Trinajstić information content (AvgIpc) is 2.96. The second kappa shape index (κ2) is 6.02. The second-order valence-electron chi connectivity index (χ2n) is 5.79. The minimum atomic E-state index is 0.0179. The molecule has 4 nitrogen and oxygen atoms in total. The SMILES string of the molecule is CCNC1COCC1C(=O)N1CCCC1C(C)C. The summed E-state index contributed by atoms with van der Waals surface area (Å²) in [5.41, 5.74) is 0. The molecule has 2 heterocycles. The number of likely N-dealkylation sites (tertiary alicyclic amines) is 1. The van der Waals surface area contributed by atoms with E-state index in [2.05, 4.69) is 31.0 Å². The first-order valence-electron chi connectivity index (χ1n) is 7.26. The van der Waals surface area contributed by atoms with Gasteiger partial charge in [0.1, 0.15) is 0 Å². The molecule has 0 saturated carbocycles. The molecule has 2 aliphatic heterocycles. The van der Waals surface area contributed by atoms with Gasteiger partial charge in [0.2, 0.25) is 5.91 Å². The first-order valence-corrected chi connectivity index (χ1v) is 7.26. The molecule has 3 atom stereocenters. The number of carbonyl (C=O) groups excluding carboxylic acids is 1. The van der Waals surface area contributed by atoms with E-state index in [1.807, 2.05) is 0 Å². The Morgan fingerprint density at radius 1 is 1.44 bits per heavy atom. The molecule has 0 bridgehead atoms. The van der Waals surface area contributed by atoms with Crippen molar-refractivity contribution in [3.8, 4) is 0 Å². The van der Waals surface area contributed by atoms with Crippen molar-refractivity contribution in [2.75, 3.05) is 26.3 Å². The predicted molar refractivity (Wildman–Crippen MR) is 71.3 cm³/mol. The van der Waals surface area contributed by atoms with E-state index < -0.39 is 0 Å². The van der Waals surface area contributed by atoms with Gasteiger partial charge in [-0.25, -0.2) is 0 Å². The Kier molecular flexibility index (Phi) is 4.62. The van der Waals surface area contributed by atoms with Crippen molar-refractivity contribution in [3.05, 3.63) is 0 Å². The standard InChI is InChI=1S/C14H26N2O2/c1-4-15-12-9-18-8-11(12)14(17)16-7-5-6-13(16)10(2)3/h10-13,15H,4-9H2,1-3H3. The van der Waals surface area contributed by atoms with Gasteiger partial charge < -0.3 is 15.0 Å². The number of hydrogen-bond donors (Lipinski definition) is 1. The van der Waals surface area contributed by atoms with E-state index in [1.165, 1.54) is 0 Å². The number of nitrogens with zero attached hydrogens (tertiary/aromatic N) is 1. The second-order valence-corrected chi connectivity index (χ2v) is 5.79. The molecule has 0 aromatic carbocycles. The maximum absolute atomic E-state index is 12.7. The number of amides is 1. The molecule has 2 saturated heterocycles. The van der Waals surface area contributed by atoms with Gasteiger partial charge in [-0.2, -0.15) is 0 Å². The van der Waals surface area contributed by atoms with Crippen molar-refractivity contribution in [3.63, 3.8) is 0 Å². The van der Waals surface area contributed by atoms with Gasteiger partial charge >= 0.3 is 0 Å². The normalized spacial score (nSPS) is 32.4. The van der Waals surface area contributed by atoms with Crippen molar-refractivity contribution < 1.29 is 9.53 Å². The van der Waals surface area contributed by atoms with Gasteiger partial charge in [-0.3, -0.25) is 4.79 Å². The highest BCUT2D eigenvalue weighted by molar-refractivity contribution is 5.80. The molecule has 1 N–H and O–H groups in total. The zero-order valence-electron chi connectivity index (χ0n) is 11.8. The van der Waals surface area contributed by atoms with Crippen LogP contribution in [0.4, 0.5) is 0 Å². The van der Waals surface area contributed by atoms with Gasteiger partial charge in [-0.05, 0) is 25.3 Å². The number of likely N-dealkylation sites (N-methyl/N-ethyl adjacent to an activating group) is 1. The molecule has 0 aromatic rings. The first kappa shape index (κ1) is 13.8. The summed E-state index contributed by atoms with van der Waals surface area (Å²) in [7, 11) is 0. The van der Waals surface area contributed by atoms with Crippen LogP contribution in [-0.2, 0) is 9.53 Å².